The van der Waals surface area contributed by atoms with Gasteiger partial charge in [0, 0.05) is 10.7 Å². The summed E-state index contributed by atoms with van der Waals surface area (Å²) in [6, 6.07) is 15.5. The number of benzene rings is 2. The average molecular weight is 385 g/mol. The van der Waals surface area contributed by atoms with Gasteiger partial charge in [-0.3, -0.25) is 4.79 Å². The molecule has 0 saturated heterocycles. The minimum absolute atomic E-state index is 0.0855. The van der Waals surface area contributed by atoms with Gasteiger partial charge < -0.3 is 10.1 Å². The molecule has 1 aromatic heterocycles. The Morgan fingerprint density at radius 1 is 1.12 bits per heavy atom. The van der Waals surface area contributed by atoms with Crippen LogP contribution in [0.2, 0.25) is 0 Å². The Hall–Kier alpha value is -2.40. The number of hydrogen-bond donors (Lipinski definition) is 1. The number of amides is 1. The number of carbonyl (C=O) groups is 1. The second-order valence-electron chi connectivity index (χ2n) is 5.55. The van der Waals surface area contributed by atoms with Crippen LogP contribution >= 0.6 is 15.9 Å². The quantitative estimate of drug-likeness (QED) is 0.705. The van der Waals surface area contributed by atoms with Crippen LogP contribution in [0.25, 0.3) is 10.8 Å². The Morgan fingerprint density at radius 2 is 1.88 bits per heavy atom. The van der Waals surface area contributed by atoms with E-state index in [4.69, 9.17) is 4.74 Å². The summed E-state index contributed by atoms with van der Waals surface area (Å²) < 4.78 is 6.11. The Kier molecular flexibility index (Phi) is 4.81. The molecule has 1 amide bonds. The maximum atomic E-state index is 12.5. The number of nitrogens with one attached hydrogen (secondary N) is 1. The molecule has 24 heavy (non-hydrogen) atoms. The standard InChI is InChI=1S/C19H17BrN2O2/c1-12(19(23)22-18-8-6-16(20)11-21-18)13-3-4-15-10-17(24-2)7-5-14(15)9-13/h3-12H,1-2H3,(H,21,22,23)/t12-/m0/s1. The normalized spacial score (nSPS) is 12.0. The molecule has 4 nitrogen and oxygen atoms in total. The number of pyridine rings is 1. The molecule has 0 spiro atoms. The summed E-state index contributed by atoms with van der Waals surface area (Å²) >= 11 is 3.33. The third kappa shape index (κ3) is 3.57. The van der Waals surface area contributed by atoms with Crippen molar-refractivity contribution in [3.63, 3.8) is 0 Å². The topological polar surface area (TPSA) is 51.2 Å². The molecular formula is C19H17BrN2O2. The van der Waals surface area contributed by atoms with Crippen molar-refractivity contribution in [2.75, 3.05) is 12.4 Å². The van der Waals surface area contributed by atoms with Crippen LogP contribution in [0.15, 0.2) is 59.2 Å². The van der Waals surface area contributed by atoms with E-state index in [1.807, 2.05) is 49.4 Å². The first kappa shape index (κ1) is 16.5. The van der Waals surface area contributed by atoms with Crippen molar-refractivity contribution in [3.8, 4) is 5.75 Å². The summed E-state index contributed by atoms with van der Waals surface area (Å²) in [4.78, 5) is 16.6. The van der Waals surface area contributed by atoms with Gasteiger partial charge in [-0.15, -0.1) is 0 Å². The van der Waals surface area contributed by atoms with Gasteiger partial charge in [0.05, 0.1) is 13.0 Å². The van der Waals surface area contributed by atoms with Gasteiger partial charge >= 0.3 is 0 Å². The van der Waals surface area contributed by atoms with E-state index in [0.717, 1.165) is 26.6 Å². The third-order valence-electron chi connectivity index (χ3n) is 3.94. The Morgan fingerprint density at radius 3 is 2.58 bits per heavy atom. The number of carbonyl (C=O) groups excluding carboxylic acids is 1. The third-order valence-corrected chi connectivity index (χ3v) is 4.41. The lowest BCUT2D eigenvalue weighted by Gasteiger charge is -2.13. The van der Waals surface area contributed by atoms with Gasteiger partial charge in [0.25, 0.3) is 0 Å². The first-order valence-corrected chi connectivity index (χ1v) is 8.36. The minimum atomic E-state index is -0.276. The number of rotatable bonds is 4. The molecule has 1 heterocycles. The molecule has 1 atom stereocenters. The predicted molar refractivity (Wildman–Crippen MR) is 99.5 cm³/mol. The van der Waals surface area contributed by atoms with Crippen LogP contribution in [0.4, 0.5) is 5.82 Å². The molecule has 1 N–H and O–H groups in total. The number of nitrogens with zero attached hydrogens (tertiary/aromatic N) is 1. The molecule has 0 aliphatic rings. The van der Waals surface area contributed by atoms with E-state index < -0.39 is 0 Å². The van der Waals surface area contributed by atoms with Crippen molar-refractivity contribution in [1.29, 1.82) is 0 Å². The highest BCUT2D eigenvalue weighted by Crippen LogP contribution is 2.26. The maximum Gasteiger partial charge on any atom is 0.232 e. The zero-order chi connectivity index (χ0) is 17.1. The largest absolute Gasteiger partial charge is 0.497 e. The second-order valence-corrected chi connectivity index (χ2v) is 6.46. The van der Waals surface area contributed by atoms with Crippen LogP contribution in [-0.2, 0) is 4.79 Å². The SMILES string of the molecule is COc1ccc2cc([C@H](C)C(=O)Nc3ccc(Br)cn3)ccc2c1. The van der Waals surface area contributed by atoms with Crippen molar-refractivity contribution < 1.29 is 9.53 Å². The van der Waals surface area contributed by atoms with Crippen molar-refractivity contribution >= 4 is 38.4 Å². The summed E-state index contributed by atoms with van der Waals surface area (Å²) in [6.07, 6.45) is 1.66. The first-order valence-electron chi connectivity index (χ1n) is 7.57. The van der Waals surface area contributed by atoms with Crippen LogP contribution in [0.1, 0.15) is 18.4 Å². The monoisotopic (exact) mass is 384 g/mol. The Balaban J connectivity index is 1.80. The smallest absolute Gasteiger partial charge is 0.232 e. The van der Waals surface area contributed by atoms with Crippen LogP contribution in [0, 0.1) is 0 Å². The predicted octanol–water partition coefficient (Wildman–Crippen LogP) is 4.75. The van der Waals surface area contributed by atoms with Gasteiger partial charge in [0.2, 0.25) is 5.91 Å². The van der Waals surface area contributed by atoms with Crippen LogP contribution in [0.3, 0.4) is 0 Å². The number of anilines is 1. The number of methoxy groups -OCH3 is 1. The van der Waals surface area contributed by atoms with Gasteiger partial charge in [-0.2, -0.15) is 0 Å². The molecule has 0 aliphatic carbocycles. The minimum Gasteiger partial charge on any atom is -0.497 e. The molecular weight excluding hydrogens is 368 g/mol. The van der Waals surface area contributed by atoms with E-state index in [1.54, 1.807) is 19.4 Å². The van der Waals surface area contributed by atoms with Gasteiger partial charge in [0.15, 0.2) is 0 Å². The highest BCUT2D eigenvalue weighted by molar-refractivity contribution is 9.10. The van der Waals surface area contributed by atoms with Crippen molar-refractivity contribution in [1.82, 2.24) is 4.98 Å². The molecule has 5 heteroatoms. The zero-order valence-electron chi connectivity index (χ0n) is 13.4. The number of aromatic nitrogens is 1. The van der Waals surface area contributed by atoms with Gasteiger partial charge in [-0.25, -0.2) is 4.98 Å². The van der Waals surface area contributed by atoms with E-state index in [0.29, 0.717) is 5.82 Å². The summed E-state index contributed by atoms with van der Waals surface area (Å²) in [5.41, 5.74) is 0.960. The zero-order valence-corrected chi connectivity index (χ0v) is 15.0. The van der Waals surface area contributed by atoms with E-state index in [2.05, 4.69) is 26.2 Å². The lowest BCUT2D eigenvalue weighted by atomic mass is 9.97. The number of halogens is 1. The summed E-state index contributed by atoms with van der Waals surface area (Å²) in [6.45, 7) is 1.89. The highest BCUT2D eigenvalue weighted by Gasteiger charge is 2.16. The van der Waals surface area contributed by atoms with Crippen LogP contribution in [-0.4, -0.2) is 18.0 Å². The van der Waals surface area contributed by atoms with E-state index in [-0.39, 0.29) is 11.8 Å². The molecule has 3 rings (SSSR count). The lowest BCUT2D eigenvalue weighted by Crippen LogP contribution is -2.19. The Bertz CT molecular complexity index is 878. The summed E-state index contributed by atoms with van der Waals surface area (Å²) in [7, 11) is 1.65. The van der Waals surface area contributed by atoms with E-state index in [1.165, 1.54) is 0 Å². The molecule has 3 aromatic rings. The fraction of sp³-hybridized carbons (Fsp3) is 0.158. The molecule has 0 bridgehead atoms. The summed E-state index contributed by atoms with van der Waals surface area (Å²) in [5, 5.41) is 5.00. The van der Waals surface area contributed by atoms with Crippen molar-refractivity contribution in [2.24, 2.45) is 0 Å². The van der Waals surface area contributed by atoms with Crippen LogP contribution < -0.4 is 10.1 Å². The maximum absolute atomic E-state index is 12.5. The lowest BCUT2D eigenvalue weighted by molar-refractivity contribution is -0.117. The first-order chi connectivity index (χ1) is 11.6. The van der Waals surface area contributed by atoms with Gasteiger partial charge in [0.1, 0.15) is 11.6 Å². The number of fused-ring (bicyclic) bond motifs is 1. The second kappa shape index (κ2) is 7.01. The molecule has 122 valence electrons. The molecule has 0 radical (unpaired) electrons. The number of hydrogen-bond acceptors (Lipinski definition) is 3. The Labute approximate surface area is 149 Å². The fourth-order valence-electron chi connectivity index (χ4n) is 2.47. The average Bonchev–Trinajstić information content (AvgIpc) is 2.62. The molecule has 0 saturated carbocycles. The fourth-order valence-corrected chi connectivity index (χ4v) is 2.71. The van der Waals surface area contributed by atoms with Crippen molar-refractivity contribution in [3.05, 3.63) is 64.8 Å². The highest BCUT2D eigenvalue weighted by atomic mass is 79.9. The van der Waals surface area contributed by atoms with E-state index >= 15 is 0 Å². The number of ether oxygens (including phenoxy) is 1. The molecule has 0 fully saturated rings. The molecule has 0 aliphatic heterocycles. The van der Waals surface area contributed by atoms with Crippen molar-refractivity contribution in [2.45, 2.75) is 12.8 Å². The van der Waals surface area contributed by atoms with Gasteiger partial charge in [-0.05, 0) is 63.5 Å². The molecule has 2 aromatic carbocycles. The van der Waals surface area contributed by atoms with Crippen LogP contribution in [0.5, 0.6) is 5.75 Å². The van der Waals surface area contributed by atoms with Gasteiger partial charge in [-0.1, -0.05) is 24.3 Å². The summed E-state index contributed by atoms with van der Waals surface area (Å²) in [5.74, 6) is 1.00. The molecule has 0 unspecified atom stereocenters. The van der Waals surface area contributed by atoms with E-state index in [9.17, 15) is 4.79 Å².